The highest BCUT2D eigenvalue weighted by molar-refractivity contribution is 8.01. The molecule has 1 aromatic heterocycles. The summed E-state index contributed by atoms with van der Waals surface area (Å²) in [6, 6.07) is 7.06. The zero-order valence-corrected chi connectivity index (χ0v) is 12.0. The van der Waals surface area contributed by atoms with E-state index in [9.17, 15) is 8.42 Å². The van der Waals surface area contributed by atoms with Crippen LogP contribution in [0.4, 0.5) is 5.69 Å². The standard InChI is InChI=1S/C11H12N2O2S3/c1-7-9(17-11-3-2-4-16-11)5-8(12)6-10(7)18(13,14)15/h2-6H,12H2,1H3,(H2,13,14,15). The summed E-state index contributed by atoms with van der Waals surface area (Å²) in [4.78, 5) is 0.892. The molecule has 0 saturated heterocycles. The van der Waals surface area contributed by atoms with E-state index in [0.717, 1.165) is 9.10 Å². The smallest absolute Gasteiger partial charge is 0.238 e. The second-order valence-corrected chi connectivity index (χ2v) is 7.54. The summed E-state index contributed by atoms with van der Waals surface area (Å²) in [5.41, 5.74) is 6.75. The summed E-state index contributed by atoms with van der Waals surface area (Å²) in [7, 11) is -3.75. The average molecular weight is 300 g/mol. The number of nitrogens with two attached hydrogens (primary N) is 2. The third-order valence-electron chi connectivity index (χ3n) is 2.35. The Balaban J connectivity index is 2.52. The molecular formula is C11H12N2O2S3. The molecule has 0 aliphatic rings. The van der Waals surface area contributed by atoms with Crippen LogP contribution in [-0.4, -0.2) is 8.42 Å². The number of thiophene rings is 1. The molecule has 0 aliphatic carbocycles. The number of hydrogen-bond donors (Lipinski definition) is 2. The van der Waals surface area contributed by atoms with Crippen LogP contribution in [0.5, 0.6) is 0 Å². The quantitative estimate of drug-likeness (QED) is 0.852. The predicted octanol–water partition coefficient (Wildman–Crippen LogP) is 2.44. The summed E-state index contributed by atoms with van der Waals surface area (Å²) in [6.07, 6.45) is 0. The molecule has 0 aliphatic heterocycles. The van der Waals surface area contributed by atoms with Crippen molar-refractivity contribution >= 4 is 38.8 Å². The van der Waals surface area contributed by atoms with Gasteiger partial charge >= 0.3 is 0 Å². The lowest BCUT2D eigenvalue weighted by Crippen LogP contribution is -2.14. The maximum absolute atomic E-state index is 11.5. The fraction of sp³-hybridized carbons (Fsp3) is 0.0909. The Bertz CT molecular complexity index is 664. The lowest BCUT2D eigenvalue weighted by atomic mass is 10.2. The van der Waals surface area contributed by atoms with Crippen molar-refractivity contribution in [2.75, 3.05) is 5.73 Å². The van der Waals surface area contributed by atoms with E-state index in [1.54, 1.807) is 24.3 Å². The van der Waals surface area contributed by atoms with Crippen LogP contribution in [0.1, 0.15) is 5.56 Å². The Morgan fingerprint density at radius 1 is 1.33 bits per heavy atom. The number of rotatable bonds is 3. The number of hydrogen-bond acceptors (Lipinski definition) is 5. The summed E-state index contributed by atoms with van der Waals surface area (Å²) in [5.74, 6) is 0. The molecule has 4 N–H and O–H groups in total. The molecule has 2 aromatic rings. The minimum atomic E-state index is -3.75. The number of sulfonamides is 1. The van der Waals surface area contributed by atoms with Crippen LogP contribution in [0.3, 0.4) is 0 Å². The Hall–Kier alpha value is -1.02. The maximum atomic E-state index is 11.5. The molecule has 0 unspecified atom stereocenters. The second-order valence-electron chi connectivity index (χ2n) is 3.72. The van der Waals surface area contributed by atoms with Gasteiger partial charge < -0.3 is 5.73 Å². The normalized spacial score (nSPS) is 11.7. The summed E-state index contributed by atoms with van der Waals surface area (Å²) < 4.78 is 24.0. The van der Waals surface area contributed by atoms with E-state index < -0.39 is 10.0 Å². The highest BCUT2D eigenvalue weighted by atomic mass is 32.2. The van der Waals surface area contributed by atoms with Crippen molar-refractivity contribution in [3.8, 4) is 0 Å². The van der Waals surface area contributed by atoms with Crippen LogP contribution < -0.4 is 10.9 Å². The summed E-state index contributed by atoms with van der Waals surface area (Å²) in [5, 5.41) is 7.14. The Labute approximate surface area is 114 Å². The van der Waals surface area contributed by atoms with Gasteiger partial charge in [-0.25, -0.2) is 13.6 Å². The molecular weight excluding hydrogens is 288 g/mol. The van der Waals surface area contributed by atoms with E-state index in [-0.39, 0.29) is 4.90 Å². The van der Waals surface area contributed by atoms with E-state index in [1.165, 1.54) is 17.8 Å². The maximum Gasteiger partial charge on any atom is 0.238 e. The van der Waals surface area contributed by atoms with E-state index in [0.29, 0.717) is 11.3 Å². The van der Waals surface area contributed by atoms with Gasteiger partial charge in [0.25, 0.3) is 0 Å². The molecule has 0 amide bonds. The lowest BCUT2D eigenvalue weighted by Gasteiger charge is -2.10. The van der Waals surface area contributed by atoms with Gasteiger partial charge in [-0.15, -0.1) is 11.3 Å². The third kappa shape index (κ3) is 2.86. The number of anilines is 1. The molecule has 96 valence electrons. The molecule has 1 heterocycles. The van der Waals surface area contributed by atoms with E-state index in [1.807, 2.05) is 17.5 Å². The van der Waals surface area contributed by atoms with Crippen molar-refractivity contribution < 1.29 is 8.42 Å². The highest BCUT2D eigenvalue weighted by Gasteiger charge is 2.16. The van der Waals surface area contributed by atoms with Crippen molar-refractivity contribution in [1.29, 1.82) is 0 Å². The minimum Gasteiger partial charge on any atom is -0.399 e. The van der Waals surface area contributed by atoms with E-state index in [4.69, 9.17) is 10.9 Å². The molecule has 4 nitrogen and oxygen atoms in total. The number of benzene rings is 1. The summed E-state index contributed by atoms with van der Waals surface area (Å²) >= 11 is 3.07. The monoisotopic (exact) mass is 300 g/mol. The van der Waals surface area contributed by atoms with Crippen molar-refractivity contribution in [2.24, 2.45) is 5.14 Å². The van der Waals surface area contributed by atoms with Gasteiger partial charge in [0.1, 0.15) is 0 Å². The molecule has 2 rings (SSSR count). The van der Waals surface area contributed by atoms with Crippen LogP contribution in [0.15, 0.2) is 43.6 Å². The van der Waals surface area contributed by atoms with Gasteiger partial charge in [-0.1, -0.05) is 17.8 Å². The molecule has 0 bridgehead atoms. The van der Waals surface area contributed by atoms with Gasteiger partial charge in [-0.2, -0.15) is 0 Å². The zero-order chi connectivity index (χ0) is 13.3. The fourth-order valence-electron chi connectivity index (χ4n) is 1.51. The first-order valence-corrected chi connectivity index (χ1v) is 8.26. The molecule has 0 spiro atoms. The van der Waals surface area contributed by atoms with Gasteiger partial charge in [-0.3, -0.25) is 0 Å². The first-order valence-electron chi connectivity index (χ1n) is 5.02. The molecule has 0 radical (unpaired) electrons. The van der Waals surface area contributed by atoms with Crippen molar-refractivity contribution in [2.45, 2.75) is 20.9 Å². The van der Waals surface area contributed by atoms with Crippen LogP contribution >= 0.6 is 23.1 Å². The van der Waals surface area contributed by atoms with Crippen molar-refractivity contribution in [3.63, 3.8) is 0 Å². The first-order chi connectivity index (χ1) is 8.38. The average Bonchev–Trinajstić information content (AvgIpc) is 2.74. The minimum absolute atomic E-state index is 0.0848. The second kappa shape index (κ2) is 4.93. The van der Waals surface area contributed by atoms with Gasteiger partial charge in [0.05, 0.1) is 9.10 Å². The van der Waals surface area contributed by atoms with Gasteiger partial charge in [0.15, 0.2) is 0 Å². The zero-order valence-electron chi connectivity index (χ0n) is 9.58. The van der Waals surface area contributed by atoms with Crippen LogP contribution in [0, 0.1) is 6.92 Å². The predicted molar refractivity (Wildman–Crippen MR) is 75.4 cm³/mol. The molecule has 18 heavy (non-hydrogen) atoms. The van der Waals surface area contributed by atoms with Gasteiger partial charge in [0, 0.05) is 10.6 Å². The third-order valence-corrected chi connectivity index (χ3v) is 5.57. The summed E-state index contributed by atoms with van der Waals surface area (Å²) in [6.45, 7) is 1.73. The highest BCUT2D eigenvalue weighted by Crippen LogP contribution is 2.36. The van der Waals surface area contributed by atoms with Crippen LogP contribution in [0.25, 0.3) is 0 Å². The molecule has 1 aromatic carbocycles. The number of primary sulfonamides is 1. The van der Waals surface area contributed by atoms with Crippen molar-refractivity contribution in [1.82, 2.24) is 0 Å². The largest absolute Gasteiger partial charge is 0.399 e. The SMILES string of the molecule is Cc1c(Sc2cccs2)cc(N)cc1S(N)(=O)=O. The molecule has 0 atom stereocenters. The Morgan fingerprint density at radius 3 is 2.61 bits per heavy atom. The first kappa shape index (κ1) is 13.4. The Kier molecular flexibility index (Phi) is 3.67. The molecule has 0 fully saturated rings. The van der Waals surface area contributed by atoms with E-state index in [2.05, 4.69) is 0 Å². The lowest BCUT2D eigenvalue weighted by molar-refractivity contribution is 0.597. The fourth-order valence-corrected chi connectivity index (χ4v) is 4.31. The number of nitrogen functional groups attached to an aromatic ring is 1. The van der Waals surface area contributed by atoms with Crippen LogP contribution in [-0.2, 0) is 10.0 Å². The van der Waals surface area contributed by atoms with Crippen LogP contribution in [0.2, 0.25) is 0 Å². The van der Waals surface area contributed by atoms with Gasteiger partial charge in [-0.05, 0) is 36.1 Å². The van der Waals surface area contributed by atoms with Gasteiger partial charge in [0.2, 0.25) is 10.0 Å². The van der Waals surface area contributed by atoms with Crippen molar-refractivity contribution in [3.05, 3.63) is 35.2 Å². The molecule has 0 saturated carbocycles. The molecule has 7 heteroatoms. The Morgan fingerprint density at radius 2 is 2.06 bits per heavy atom. The topological polar surface area (TPSA) is 86.2 Å². The van der Waals surface area contributed by atoms with E-state index >= 15 is 0 Å².